The summed E-state index contributed by atoms with van der Waals surface area (Å²) in [6, 6.07) is 8.29. The number of fused-ring (bicyclic) bond motifs is 5. The summed E-state index contributed by atoms with van der Waals surface area (Å²) in [5, 5.41) is 1.21. The van der Waals surface area contributed by atoms with Crippen LogP contribution in [0.2, 0.25) is 0 Å². The third kappa shape index (κ3) is 1.72. The van der Waals surface area contributed by atoms with Gasteiger partial charge in [-0.3, -0.25) is 0 Å². The van der Waals surface area contributed by atoms with E-state index >= 15 is 0 Å². The third-order valence-corrected chi connectivity index (χ3v) is 7.42. The van der Waals surface area contributed by atoms with E-state index in [-0.39, 0.29) is 28.2 Å². The lowest BCUT2D eigenvalue weighted by Gasteiger charge is -2.45. The van der Waals surface area contributed by atoms with E-state index in [1.807, 2.05) is 6.08 Å². The van der Waals surface area contributed by atoms with Gasteiger partial charge in [-0.2, -0.15) is 0 Å². The molecule has 0 bridgehead atoms. The van der Waals surface area contributed by atoms with Crippen molar-refractivity contribution in [2.45, 2.75) is 49.9 Å². The van der Waals surface area contributed by atoms with Crippen molar-refractivity contribution in [1.82, 2.24) is 4.98 Å². The van der Waals surface area contributed by atoms with Crippen LogP contribution in [-0.4, -0.2) is 16.4 Å². The number of alkyl halides is 1. The van der Waals surface area contributed by atoms with E-state index in [0.717, 1.165) is 6.42 Å². The number of hydrogen-bond donors (Lipinski definition) is 1. The molecule has 0 radical (unpaired) electrons. The number of benzene rings is 1. The molecule has 0 aliphatic heterocycles. The molecule has 0 saturated heterocycles. The van der Waals surface area contributed by atoms with E-state index in [1.165, 1.54) is 22.2 Å². The predicted molar refractivity (Wildman–Crippen MR) is 101 cm³/mol. The van der Waals surface area contributed by atoms with Gasteiger partial charge in [0.05, 0.1) is 16.7 Å². The summed E-state index contributed by atoms with van der Waals surface area (Å²) in [6.07, 6.45) is 2.84. The monoisotopic (exact) mass is 338 g/mol. The summed E-state index contributed by atoms with van der Waals surface area (Å²) in [5.41, 5.74) is 3.45. The maximum atomic E-state index is 7.94. The number of aromatic nitrogens is 1. The molecule has 24 heavy (non-hydrogen) atoms. The lowest BCUT2D eigenvalue weighted by Crippen LogP contribution is -2.49. The van der Waals surface area contributed by atoms with Crippen LogP contribution in [0.1, 0.15) is 44.4 Å². The molecule has 2 aliphatic carbocycles. The maximum absolute atomic E-state index is 7.94. The summed E-state index contributed by atoms with van der Waals surface area (Å²) < 4.78 is 0. The highest BCUT2D eigenvalue weighted by molar-refractivity contribution is 6.21. The molecule has 1 N–H and O–H groups in total. The predicted octanol–water partition coefficient (Wildman–Crippen LogP) is 5.65. The van der Waals surface area contributed by atoms with Gasteiger partial charge in [-0.25, -0.2) is 6.57 Å². The van der Waals surface area contributed by atoms with E-state index in [2.05, 4.69) is 61.4 Å². The molecule has 1 fully saturated rings. The number of hydrogen-bond acceptors (Lipinski definition) is 0. The second-order valence-electron chi connectivity index (χ2n) is 8.16. The molecule has 3 heteroatoms. The van der Waals surface area contributed by atoms with Crippen LogP contribution in [0.25, 0.3) is 15.7 Å². The van der Waals surface area contributed by atoms with E-state index in [0.29, 0.717) is 5.92 Å². The Morgan fingerprint density at radius 3 is 2.71 bits per heavy atom. The van der Waals surface area contributed by atoms with Gasteiger partial charge >= 0.3 is 0 Å². The number of aromatic amines is 1. The molecule has 2 aromatic rings. The minimum atomic E-state index is -0.361. The fraction of sp³-hybridized carbons (Fsp3) is 0.476. The van der Waals surface area contributed by atoms with E-state index in [9.17, 15) is 0 Å². The van der Waals surface area contributed by atoms with Crippen LogP contribution in [0.5, 0.6) is 0 Å². The third-order valence-electron chi connectivity index (χ3n) is 6.78. The van der Waals surface area contributed by atoms with Gasteiger partial charge in [0.1, 0.15) is 0 Å². The number of para-hydroxylation sites is 1. The summed E-state index contributed by atoms with van der Waals surface area (Å²) in [6.45, 7) is 18.7. The number of nitrogens with zero attached hydrogens (tertiary/aromatic N) is 1. The maximum Gasteiger partial charge on any atom is 0.240 e. The first-order valence-electron chi connectivity index (χ1n) is 8.61. The highest BCUT2D eigenvalue weighted by Crippen LogP contribution is 2.63. The zero-order chi connectivity index (χ0) is 17.3. The van der Waals surface area contributed by atoms with Crippen molar-refractivity contribution in [2.75, 3.05) is 0 Å². The van der Waals surface area contributed by atoms with Gasteiger partial charge in [-0.15, -0.1) is 18.2 Å². The second kappa shape index (κ2) is 4.90. The van der Waals surface area contributed by atoms with Crippen molar-refractivity contribution >= 4 is 22.5 Å². The normalized spacial score (nSPS) is 36.8. The van der Waals surface area contributed by atoms with Crippen molar-refractivity contribution in [3.63, 3.8) is 0 Å². The molecular weight excluding hydrogens is 316 g/mol. The Labute approximate surface area is 148 Å². The number of halogens is 1. The SMILES string of the molecule is [C-]#[N+]C1C2c3c([nH]c4ccccc34)C(C)(C)C2CC(Cl)C1(C)C=C. The molecule has 0 spiro atoms. The minimum absolute atomic E-state index is 0.00238. The summed E-state index contributed by atoms with van der Waals surface area (Å²) in [5.74, 6) is 0.597. The zero-order valence-corrected chi connectivity index (χ0v) is 15.2. The summed E-state index contributed by atoms with van der Waals surface area (Å²) >= 11 is 6.79. The summed E-state index contributed by atoms with van der Waals surface area (Å²) in [4.78, 5) is 7.75. The first-order chi connectivity index (χ1) is 11.4. The Balaban J connectivity index is 2.01. The Bertz CT molecular complexity index is 872. The van der Waals surface area contributed by atoms with Crippen LogP contribution in [-0.2, 0) is 5.41 Å². The number of nitrogens with one attached hydrogen (secondary N) is 1. The van der Waals surface area contributed by atoms with Crippen molar-refractivity contribution in [3.8, 4) is 0 Å². The van der Waals surface area contributed by atoms with Crippen molar-refractivity contribution in [2.24, 2.45) is 11.3 Å². The highest BCUT2D eigenvalue weighted by Gasteiger charge is 2.63. The second-order valence-corrected chi connectivity index (χ2v) is 8.69. The largest absolute Gasteiger partial charge is 0.358 e. The topological polar surface area (TPSA) is 20.1 Å². The average Bonchev–Trinajstić information content (AvgIpc) is 3.04. The molecule has 1 aromatic heterocycles. The molecule has 5 unspecified atom stereocenters. The highest BCUT2D eigenvalue weighted by atomic mass is 35.5. The summed E-state index contributed by atoms with van der Waals surface area (Å²) in [7, 11) is 0. The first-order valence-corrected chi connectivity index (χ1v) is 9.05. The van der Waals surface area contributed by atoms with E-state index in [4.69, 9.17) is 18.2 Å². The standard InChI is InChI=1S/C21H23ClN2/c1-6-21(4)15(22)11-13-17(19(21)23-5)16-12-9-7-8-10-14(12)24-18(16)20(13,2)3/h6-10,13,15,17,19,24H,1,11H2,2-4H3. The van der Waals surface area contributed by atoms with E-state index < -0.39 is 0 Å². The van der Waals surface area contributed by atoms with Crippen LogP contribution in [0, 0.1) is 17.9 Å². The molecule has 1 aromatic carbocycles. The smallest absolute Gasteiger partial charge is 0.240 e. The zero-order valence-electron chi connectivity index (χ0n) is 14.4. The van der Waals surface area contributed by atoms with Crippen molar-refractivity contribution in [3.05, 3.63) is 59.6 Å². The Kier molecular flexibility index (Phi) is 3.22. The molecule has 2 aliphatic rings. The Morgan fingerprint density at radius 1 is 1.33 bits per heavy atom. The van der Waals surface area contributed by atoms with E-state index in [1.54, 1.807) is 0 Å². The lowest BCUT2D eigenvalue weighted by atomic mass is 9.59. The van der Waals surface area contributed by atoms with Gasteiger partial charge < -0.3 is 9.83 Å². The van der Waals surface area contributed by atoms with Crippen LogP contribution >= 0.6 is 11.6 Å². The number of H-pyrrole nitrogens is 1. The number of rotatable bonds is 1. The lowest BCUT2D eigenvalue weighted by molar-refractivity contribution is 0.147. The van der Waals surface area contributed by atoms with Crippen molar-refractivity contribution < 1.29 is 0 Å². The minimum Gasteiger partial charge on any atom is -0.358 e. The van der Waals surface area contributed by atoms with Gasteiger partial charge in [-0.1, -0.05) is 38.1 Å². The molecule has 1 saturated carbocycles. The molecular formula is C21H23ClN2. The quantitative estimate of drug-likeness (QED) is 0.394. The fourth-order valence-corrected chi connectivity index (χ4v) is 5.60. The molecule has 0 amide bonds. The van der Waals surface area contributed by atoms with Gasteiger partial charge in [-0.05, 0) is 30.9 Å². The molecule has 5 atom stereocenters. The van der Waals surface area contributed by atoms with Crippen LogP contribution in [0.4, 0.5) is 0 Å². The van der Waals surface area contributed by atoms with Gasteiger partial charge in [0.15, 0.2) is 0 Å². The van der Waals surface area contributed by atoms with Crippen LogP contribution in [0.3, 0.4) is 0 Å². The van der Waals surface area contributed by atoms with Gasteiger partial charge in [0.2, 0.25) is 6.04 Å². The first kappa shape index (κ1) is 15.8. The Morgan fingerprint density at radius 2 is 2.04 bits per heavy atom. The molecule has 1 heterocycles. The van der Waals surface area contributed by atoms with Gasteiger partial charge in [0.25, 0.3) is 0 Å². The van der Waals surface area contributed by atoms with Crippen LogP contribution in [0.15, 0.2) is 36.9 Å². The molecule has 2 nitrogen and oxygen atoms in total. The van der Waals surface area contributed by atoms with Crippen LogP contribution < -0.4 is 0 Å². The molecule has 124 valence electrons. The molecule has 4 rings (SSSR count). The average molecular weight is 339 g/mol. The fourth-order valence-electron chi connectivity index (χ4n) is 5.19. The van der Waals surface area contributed by atoms with Crippen molar-refractivity contribution in [1.29, 1.82) is 0 Å². The van der Waals surface area contributed by atoms with Gasteiger partial charge in [0, 0.05) is 22.0 Å². The Hall–Kier alpha value is -1.72.